The summed E-state index contributed by atoms with van der Waals surface area (Å²) in [7, 11) is 0. The number of hydrogen-bond donors (Lipinski definition) is 1. The average molecular weight is 343 g/mol. The Kier molecular flexibility index (Phi) is 5.55. The van der Waals surface area contributed by atoms with Gasteiger partial charge in [0.1, 0.15) is 0 Å². The molecule has 2 atom stereocenters. The Balaban J connectivity index is 2.09. The van der Waals surface area contributed by atoms with Gasteiger partial charge in [0.05, 0.1) is 19.3 Å². The standard InChI is InChI=1S/C15H23BrN2O2/c1-3-15(2,18-4-6-20-7-5-18)14(19)9-12-8-13(16)11-17-10-12/h8,10-11,14,19H,3-7,9H2,1-2H3. The molecule has 0 aromatic carbocycles. The predicted octanol–water partition coefficient (Wildman–Crippen LogP) is 2.25. The Morgan fingerprint density at radius 3 is 2.75 bits per heavy atom. The van der Waals surface area contributed by atoms with Crippen molar-refractivity contribution in [3.05, 3.63) is 28.5 Å². The van der Waals surface area contributed by atoms with Crippen molar-refractivity contribution in [3.8, 4) is 0 Å². The van der Waals surface area contributed by atoms with Crippen LogP contribution in [-0.4, -0.2) is 52.9 Å². The number of aliphatic hydroxyl groups is 1. The molecule has 4 nitrogen and oxygen atoms in total. The minimum absolute atomic E-state index is 0.216. The van der Waals surface area contributed by atoms with Crippen molar-refractivity contribution in [2.45, 2.75) is 38.3 Å². The van der Waals surface area contributed by atoms with Gasteiger partial charge in [0.25, 0.3) is 0 Å². The summed E-state index contributed by atoms with van der Waals surface area (Å²) in [6.07, 6.45) is 4.70. The van der Waals surface area contributed by atoms with Crippen molar-refractivity contribution in [1.82, 2.24) is 9.88 Å². The number of morpholine rings is 1. The molecule has 0 radical (unpaired) electrons. The van der Waals surface area contributed by atoms with Gasteiger partial charge in [-0.15, -0.1) is 0 Å². The van der Waals surface area contributed by atoms with E-state index in [1.807, 2.05) is 12.3 Å². The summed E-state index contributed by atoms with van der Waals surface area (Å²) in [6, 6.07) is 2.02. The summed E-state index contributed by atoms with van der Waals surface area (Å²) in [6.45, 7) is 7.56. The van der Waals surface area contributed by atoms with Gasteiger partial charge in [0.2, 0.25) is 0 Å². The maximum atomic E-state index is 10.7. The Bertz CT molecular complexity index is 438. The predicted molar refractivity (Wildman–Crippen MR) is 82.7 cm³/mol. The fraction of sp³-hybridized carbons (Fsp3) is 0.667. The molecule has 5 heteroatoms. The summed E-state index contributed by atoms with van der Waals surface area (Å²) in [5, 5.41) is 10.7. The molecule has 1 fully saturated rings. The minimum atomic E-state index is -0.415. The second kappa shape index (κ2) is 6.98. The van der Waals surface area contributed by atoms with Crippen molar-refractivity contribution < 1.29 is 9.84 Å². The summed E-state index contributed by atoms with van der Waals surface area (Å²) in [5.74, 6) is 0. The maximum absolute atomic E-state index is 10.7. The van der Waals surface area contributed by atoms with Gasteiger partial charge in [0.15, 0.2) is 0 Å². The number of aliphatic hydroxyl groups excluding tert-OH is 1. The number of pyridine rings is 1. The third-order valence-corrected chi connectivity index (χ3v) is 4.79. The molecule has 1 aromatic rings. The van der Waals surface area contributed by atoms with Crippen LogP contribution < -0.4 is 0 Å². The number of halogens is 1. The first-order valence-electron chi connectivity index (χ1n) is 7.16. The van der Waals surface area contributed by atoms with Gasteiger partial charge >= 0.3 is 0 Å². The van der Waals surface area contributed by atoms with E-state index in [1.54, 1.807) is 6.20 Å². The van der Waals surface area contributed by atoms with Gasteiger partial charge < -0.3 is 9.84 Å². The molecule has 0 spiro atoms. The first kappa shape index (κ1) is 15.9. The first-order valence-corrected chi connectivity index (χ1v) is 7.96. The van der Waals surface area contributed by atoms with Gasteiger partial charge in [-0.05, 0) is 40.9 Å². The van der Waals surface area contributed by atoms with Crippen LogP contribution in [0.25, 0.3) is 0 Å². The van der Waals surface area contributed by atoms with Crippen LogP contribution in [-0.2, 0) is 11.2 Å². The molecule has 1 saturated heterocycles. The van der Waals surface area contributed by atoms with Gasteiger partial charge in [-0.3, -0.25) is 9.88 Å². The number of nitrogens with zero attached hydrogens (tertiary/aromatic N) is 2. The average Bonchev–Trinajstić information content (AvgIpc) is 2.47. The highest BCUT2D eigenvalue weighted by molar-refractivity contribution is 9.10. The van der Waals surface area contributed by atoms with Crippen LogP contribution in [0.3, 0.4) is 0 Å². The highest BCUT2D eigenvalue weighted by Gasteiger charge is 2.37. The van der Waals surface area contributed by atoms with Gasteiger partial charge in [-0.1, -0.05) is 6.92 Å². The molecule has 0 saturated carbocycles. The van der Waals surface area contributed by atoms with Crippen molar-refractivity contribution in [2.75, 3.05) is 26.3 Å². The number of hydrogen-bond acceptors (Lipinski definition) is 4. The lowest BCUT2D eigenvalue weighted by atomic mass is 9.85. The Morgan fingerprint density at radius 1 is 1.45 bits per heavy atom. The third kappa shape index (κ3) is 3.58. The van der Waals surface area contributed by atoms with E-state index in [0.29, 0.717) is 6.42 Å². The lowest BCUT2D eigenvalue weighted by Gasteiger charge is -2.46. The molecule has 2 rings (SSSR count). The molecule has 1 aliphatic heterocycles. The summed E-state index contributed by atoms with van der Waals surface area (Å²) >= 11 is 3.43. The second-order valence-corrected chi connectivity index (χ2v) is 6.46. The Labute approximate surface area is 129 Å². The van der Waals surface area contributed by atoms with E-state index in [2.05, 4.69) is 39.7 Å². The SMILES string of the molecule is CCC(C)(C(O)Cc1cncc(Br)c1)N1CCOCC1. The van der Waals surface area contributed by atoms with Gasteiger partial charge in [-0.25, -0.2) is 0 Å². The molecule has 0 amide bonds. The number of aromatic nitrogens is 1. The first-order chi connectivity index (χ1) is 9.56. The van der Waals surface area contributed by atoms with Crippen molar-refractivity contribution in [1.29, 1.82) is 0 Å². The lowest BCUT2D eigenvalue weighted by molar-refractivity contribution is -0.0714. The third-order valence-electron chi connectivity index (χ3n) is 4.36. The number of rotatable bonds is 5. The van der Waals surface area contributed by atoms with Crippen molar-refractivity contribution in [3.63, 3.8) is 0 Å². The molecule has 2 heterocycles. The van der Waals surface area contributed by atoms with E-state index < -0.39 is 6.10 Å². The lowest BCUT2D eigenvalue weighted by Crippen LogP contribution is -2.58. The monoisotopic (exact) mass is 342 g/mol. The van der Waals surface area contributed by atoms with Crippen molar-refractivity contribution in [2.24, 2.45) is 0 Å². The van der Waals surface area contributed by atoms with E-state index in [-0.39, 0.29) is 5.54 Å². The summed E-state index contributed by atoms with van der Waals surface area (Å²) < 4.78 is 6.36. The van der Waals surface area contributed by atoms with E-state index in [1.165, 1.54) is 0 Å². The molecule has 20 heavy (non-hydrogen) atoms. The van der Waals surface area contributed by atoms with Crippen LogP contribution in [0, 0.1) is 0 Å². The topological polar surface area (TPSA) is 45.6 Å². The Hall–Kier alpha value is -0.490. The quantitative estimate of drug-likeness (QED) is 0.891. The van der Waals surface area contributed by atoms with E-state index in [4.69, 9.17) is 4.74 Å². The smallest absolute Gasteiger partial charge is 0.0761 e. The van der Waals surface area contributed by atoms with Crippen LogP contribution in [0.4, 0.5) is 0 Å². The van der Waals surface area contributed by atoms with Crippen LogP contribution in [0.1, 0.15) is 25.8 Å². The van der Waals surface area contributed by atoms with Crippen molar-refractivity contribution >= 4 is 15.9 Å². The molecule has 0 aliphatic carbocycles. The minimum Gasteiger partial charge on any atom is -0.391 e. The zero-order valence-corrected chi connectivity index (χ0v) is 13.8. The highest BCUT2D eigenvalue weighted by Crippen LogP contribution is 2.27. The zero-order valence-electron chi connectivity index (χ0n) is 12.2. The van der Waals surface area contributed by atoms with E-state index >= 15 is 0 Å². The van der Waals surface area contributed by atoms with E-state index in [9.17, 15) is 5.11 Å². The number of ether oxygens (including phenoxy) is 1. The van der Waals surface area contributed by atoms with Crippen LogP contribution in [0.15, 0.2) is 22.9 Å². The van der Waals surface area contributed by atoms with Crippen LogP contribution in [0.2, 0.25) is 0 Å². The summed E-state index contributed by atoms with van der Waals surface area (Å²) in [4.78, 5) is 6.52. The second-order valence-electron chi connectivity index (χ2n) is 5.54. The van der Waals surface area contributed by atoms with E-state index in [0.717, 1.165) is 42.8 Å². The molecule has 1 N–H and O–H groups in total. The van der Waals surface area contributed by atoms with Gasteiger partial charge in [0, 0.05) is 41.9 Å². The Morgan fingerprint density at radius 2 is 2.15 bits per heavy atom. The molecular weight excluding hydrogens is 320 g/mol. The zero-order chi connectivity index (χ0) is 14.6. The summed E-state index contributed by atoms with van der Waals surface area (Å²) in [5.41, 5.74) is 0.839. The molecule has 2 unspecified atom stereocenters. The maximum Gasteiger partial charge on any atom is 0.0761 e. The fourth-order valence-corrected chi connectivity index (χ4v) is 3.17. The van der Waals surface area contributed by atoms with Gasteiger partial charge in [-0.2, -0.15) is 0 Å². The molecular formula is C15H23BrN2O2. The normalized spacial score (nSPS) is 21.4. The van der Waals surface area contributed by atoms with Crippen LogP contribution >= 0.6 is 15.9 Å². The molecule has 112 valence electrons. The van der Waals surface area contributed by atoms with Crippen LogP contribution in [0.5, 0.6) is 0 Å². The highest BCUT2D eigenvalue weighted by atomic mass is 79.9. The largest absolute Gasteiger partial charge is 0.391 e. The fourth-order valence-electron chi connectivity index (χ4n) is 2.75. The molecule has 1 aromatic heterocycles. The molecule has 0 bridgehead atoms. The molecule has 1 aliphatic rings.